The highest BCUT2D eigenvalue weighted by molar-refractivity contribution is 7.86. The lowest BCUT2D eigenvalue weighted by atomic mass is 10.0. The molecule has 1 unspecified atom stereocenters. The molecule has 2 aliphatic heterocycles. The molecule has 0 amide bonds. The van der Waals surface area contributed by atoms with Gasteiger partial charge in [-0.1, -0.05) is 25.0 Å². The van der Waals surface area contributed by atoms with Gasteiger partial charge in [-0.2, -0.15) is 17.0 Å². The standard InChI is InChI=1S/C18H25N3O2S2/c22-25(23,20-11-5-1-2-6-12-20)21-13-7-8-15(14-21)18-19-16-9-3-4-10-17(16)24-18/h3-4,9-10,15H,1-2,5-8,11-14H2. The second-order valence-electron chi connectivity index (χ2n) is 7.04. The van der Waals surface area contributed by atoms with E-state index in [1.54, 1.807) is 19.9 Å². The third-order valence-corrected chi connectivity index (χ3v) is 8.46. The van der Waals surface area contributed by atoms with Gasteiger partial charge >= 0.3 is 0 Å². The monoisotopic (exact) mass is 379 g/mol. The maximum Gasteiger partial charge on any atom is 0.281 e. The number of hydrogen-bond acceptors (Lipinski definition) is 4. The number of nitrogens with zero attached hydrogens (tertiary/aromatic N) is 3. The third kappa shape index (κ3) is 3.60. The first-order valence-electron chi connectivity index (χ1n) is 9.25. The second kappa shape index (κ2) is 7.31. The van der Waals surface area contributed by atoms with Crippen LogP contribution >= 0.6 is 11.3 Å². The predicted molar refractivity (Wildman–Crippen MR) is 102 cm³/mol. The Morgan fingerprint density at radius 3 is 2.44 bits per heavy atom. The van der Waals surface area contributed by atoms with Crippen LogP contribution in [0.3, 0.4) is 0 Å². The summed E-state index contributed by atoms with van der Waals surface area (Å²) >= 11 is 1.71. The van der Waals surface area contributed by atoms with Crippen LogP contribution in [0.2, 0.25) is 0 Å². The van der Waals surface area contributed by atoms with Crippen LogP contribution in [0.15, 0.2) is 24.3 Å². The fourth-order valence-corrected chi connectivity index (χ4v) is 6.72. The molecule has 2 fully saturated rings. The zero-order valence-electron chi connectivity index (χ0n) is 14.4. The van der Waals surface area contributed by atoms with Crippen molar-refractivity contribution in [3.8, 4) is 0 Å². The Morgan fingerprint density at radius 1 is 0.960 bits per heavy atom. The summed E-state index contributed by atoms with van der Waals surface area (Å²) in [4.78, 5) is 4.76. The van der Waals surface area contributed by atoms with Crippen molar-refractivity contribution in [2.45, 2.75) is 44.4 Å². The second-order valence-corrected chi connectivity index (χ2v) is 10.0. The maximum absolute atomic E-state index is 13.1. The summed E-state index contributed by atoms with van der Waals surface area (Å²) in [6.07, 6.45) is 6.17. The van der Waals surface area contributed by atoms with Crippen molar-refractivity contribution >= 4 is 31.8 Å². The van der Waals surface area contributed by atoms with Crippen LogP contribution in [0.25, 0.3) is 10.2 Å². The Bertz CT molecular complexity index is 793. The summed E-state index contributed by atoms with van der Waals surface area (Å²) < 4.78 is 30.8. The van der Waals surface area contributed by atoms with E-state index < -0.39 is 10.2 Å². The first kappa shape index (κ1) is 17.4. The van der Waals surface area contributed by atoms with E-state index >= 15 is 0 Å². The third-order valence-electron chi connectivity index (χ3n) is 5.26. The van der Waals surface area contributed by atoms with E-state index in [1.165, 1.54) is 4.70 Å². The summed E-state index contributed by atoms with van der Waals surface area (Å²) in [7, 11) is -3.34. The number of benzene rings is 1. The van der Waals surface area contributed by atoms with E-state index in [2.05, 4.69) is 6.07 Å². The molecule has 0 saturated carbocycles. The molecule has 25 heavy (non-hydrogen) atoms. The molecular weight excluding hydrogens is 354 g/mol. The number of para-hydroxylation sites is 1. The molecule has 5 nitrogen and oxygen atoms in total. The molecule has 0 spiro atoms. The molecule has 3 heterocycles. The van der Waals surface area contributed by atoms with E-state index in [9.17, 15) is 8.42 Å². The van der Waals surface area contributed by atoms with E-state index in [-0.39, 0.29) is 5.92 Å². The van der Waals surface area contributed by atoms with Gasteiger partial charge in [0.1, 0.15) is 0 Å². The molecule has 2 aliphatic rings. The topological polar surface area (TPSA) is 53.5 Å². The van der Waals surface area contributed by atoms with Gasteiger partial charge in [0.15, 0.2) is 0 Å². The van der Waals surface area contributed by atoms with Crippen LogP contribution in [0.4, 0.5) is 0 Å². The highest BCUT2D eigenvalue weighted by Gasteiger charge is 2.35. The van der Waals surface area contributed by atoms with Crippen LogP contribution in [0, 0.1) is 0 Å². The van der Waals surface area contributed by atoms with E-state index in [4.69, 9.17) is 4.98 Å². The molecular formula is C18H25N3O2S2. The lowest BCUT2D eigenvalue weighted by Crippen LogP contribution is -2.47. The van der Waals surface area contributed by atoms with E-state index in [1.807, 2.05) is 18.2 Å². The zero-order chi connectivity index (χ0) is 17.3. The average Bonchev–Trinajstić information content (AvgIpc) is 2.87. The normalized spacial score (nSPS) is 24.4. The molecule has 7 heteroatoms. The van der Waals surface area contributed by atoms with Gasteiger partial charge in [0.05, 0.1) is 15.2 Å². The summed E-state index contributed by atoms with van der Waals surface area (Å²) in [5.74, 6) is 0.216. The van der Waals surface area contributed by atoms with Gasteiger partial charge in [0, 0.05) is 32.1 Å². The Hall–Kier alpha value is -1.02. The summed E-state index contributed by atoms with van der Waals surface area (Å²) in [5, 5.41) is 1.08. The number of fused-ring (bicyclic) bond motifs is 1. The van der Waals surface area contributed by atoms with Crippen molar-refractivity contribution in [2.24, 2.45) is 0 Å². The Balaban J connectivity index is 1.53. The summed E-state index contributed by atoms with van der Waals surface area (Å²) in [6.45, 7) is 2.55. The number of thiazole rings is 1. The summed E-state index contributed by atoms with van der Waals surface area (Å²) in [5.41, 5.74) is 1.02. The summed E-state index contributed by atoms with van der Waals surface area (Å²) in [6, 6.07) is 8.15. The maximum atomic E-state index is 13.1. The van der Waals surface area contributed by atoms with E-state index in [0.29, 0.717) is 26.2 Å². The molecule has 1 aromatic heterocycles. The molecule has 0 bridgehead atoms. The fourth-order valence-electron chi connectivity index (χ4n) is 3.85. The number of aromatic nitrogens is 1. The molecule has 2 saturated heterocycles. The van der Waals surface area contributed by atoms with Crippen molar-refractivity contribution in [3.63, 3.8) is 0 Å². The fraction of sp³-hybridized carbons (Fsp3) is 0.611. The van der Waals surface area contributed by atoms with Gasteiger partial charge in [-0.3, -0.25) is 0 Å². The predicted octanol–water partition coefficient (Wildman–Crippen LogP) is 3.60. The van der Waals surface area contributed by atoms with E-state index in [0.717, 1.165) is 49.0 Å². The minimum Gasteiger partial charge on any atom is -0.241 e. The quantitative estimate of drug-likeness (QED) is 0.819. The zero-order valence-corrected chi connectivity index (χ0v) is 16.1. The largest absolute Gasteiger partial charge is 0.281 e. The van der Waals surface area contributed by atoms with Crippen molar-refractivity contribution < 1.29 is 8.42 Å². The minimum atomic E-state index is -3.34. The van der Waals surface area contributed by atoms with Crippen LogP contribution in [-0.2, 0) is 10.2 Å². The van der Waals surface area contributed by atoms with Gasteiger partial charge in [-0.25, -0.2) is 4.98 Å². The number of rotatable bonds is 3. The van der Waals surface area contributed by atoms with Crippen LogP contribution in [0.5, 0.6) is 0 Å². The highest BCUT2D eigenvalue weighted by Crippen LogP contribution is 2.34. The highest BCUT2D eigenvalue weighted by atomic mass is 32.2. The number of piperidine rings is 1. The molecule has 1 aromatic carbocycles. The molecule has 136 valence electrons. The van der Waals surface area contributed by atoms with Gasteiger partial charge in [-0.15, -0.1) is 11.3 Å². The number of hydrogen-bond donors (Lipinski definition) is 0. The van der Waals surface area contributed by atoms with Crippen LogP contribution in [0.1, 0.15) is 49.5 Å². The molecule has 0 radical (unpaired) electrons. The van der Waals surface area contributed by atoms with Crippen LogP contribution < -0.4 is 0 Å². The van der Waals surface area contributed by atoms with Crippen molar-refractivity contribution in [2.75, 3.05) is 26.2 Å². The van der Waals surface area contributed by atoms with Crippen molar-refractivity contribution in [1.82, 2.24) is 13.6 Å². The van der Waals surface area contributed by atoms with Gasteiger partial charge < -0.3 is 0 Å². The minimum absolute atomic E-state index is 0.216. The molecule has 4 rings (SSSR count). The van der Waals surface area contributed by atoms with Gasteiger partial charge in [0.2, 0.25) is 0 Å². The lowest BCUT2D eigenvalue weighted by Gasteiger charge is -2.34. The Kier molecular flexibility index (Phi) is 5.08. The SMILES string of the molecule is O=S(=O)(N1CCCCCC1)N1CCCC(c2nc3ccccc3s2)C1. The first-order valence-corrected chi connectivity index (χ1v) is 11.5. The Morgan fingerprint density at radius 2 is 1.68 bits per heavy atom. The van der Waals surface area contributed by atoms with Crippen molar-refractivity contribution in [1.29, 1.82) is 0 Å². The smallest absolute Gasteiger partial charge is 0.241 e. The van der Waals surface area contributed by atoms with Gasteiger partial charge in [-0.05, 0) is 37.8 Å². The molecule has 2 aromatic rings. The Labute approximate surface area is 153 Å². The lowest BCUT2D eigenvalue weighted by molar-refractivity contribution is 0.284. The van der Waals surface area contributed by atoms with Crippen molar-refractivity contribution in [3.05, 3.63) is 29.3 Å². The van der Waals surface area contributed by atoms with Gasteiger partial charge in [0.25, 0.3) is 10.2 Å². The molecule has 0 aliphatic carbocycles. The molecule has 0 N–H and O–H groups in total. The average molecular weight is 380 g/mol. The van der Waals surface area contributed by atoms with Crippen LogP contribution in [-0.4, -0.2) is 48.2 Å². The molecule has 1 atom stereocenters. The first-order chi connectivity index (χ1) is 12.1.